The molecule has 1 aliphatic rings. The number of carbonyl (C=O) groups excluding carboxylic acids is 1. The Morgan fingerprint density at radius 2 is 1.14 bits per heavy atom. The first-order valence-electron chi connectivity index (χ1n) is 7.23. The standard InChI is InChI=1S/C18H20N2O/c1-19-16(13-21)20(2)18(15-11-7-4-8-12-15)17(19)14-9-5-3-6-10-14/h3-13,16-18H,1-2H3/t17-,18-/m1/s1. The highest BCUT2D eigenvalue weighted by Crippen LogP contribution is 2.44. The van der Waals surface area contributed by atoms with Gasteiger partial charge in [-0.25, -0.2) is 0 Å². The minimum atomic E-state index is -0.194. The van der Waals surface area contributed by atoms with Gasteiger partial charge in [-0.3, -0.25) is 9.80 Å². The summed E-state index contributed by atoms with van der Waals surface area (Å²) in [7, 11) is 4.05. The lowest BCUT2D eigenvalue weighted by atomic mass is 9.93. The molecule has 0 amide bonds. The number of carbonyl (C=O) groups is 1. The second kappa shape index (κ2) is 5.80. The highest BCUT2D eigenvalue weighted by Gasteiger charge is 2.44. The Hall–Kier alpha value is -1.97. The lowest BCUT2D eigenvalue weighted by molar-refractivity contribution is -0.114. The van der Waals surface area contributed by atoms with Crippen LogP contribution in [0.15, 0.2) is 60.7 Å². The number of hydrogen-bond acceptors (Lipinski definition) is 3. The molecule has 1 aliphatic heterocycles. The molecule has 2 atom stereocenters. The van der Waals surface area contributed by atoms with Crippen molar-refractivity contribution in [3.8, 4) is 0 Å². The van der Waals surface area contributed by atoms with Gasteiger partial charge < -0.3 is 4.79 Å². The van der Waals surface area contributed by atoms with E-state index in [2.05, 4.69) is 58.3 Å². The Labute approximate surface area is 125 Å². The maximum atomic E-state index is 11.5. The molecule has 3 rings (SSSR count). The molecule has 21 heavy (non-hydrogen) atoms. The summed E-state index contributed by atoms with van der Waals surface area (Å²) in [5.41, 5.74) is 2.48. The molecule has 0 N–H and O–H groups in total. The predicted octanol–water partition coefficient (Wildman–Crippen LogP) is 2.87. The van der Waals surface area contributed by atoms with Crippen LogP contribution in [0.25, 0.3) is 0 Å². The summed E-state index contributed by atoms with van der Waals surface area (Å²) >= 11 is 0. The third-order valence-electron chi connectivity index (χ3n) is 4.42. The van der Waals surface area contributed by atoms with Crippen LogP contribution in [-0.2, 0) is 4.79 Å². The smallest absolute Gasteiger partial charge is 0.151 e. The summed E-state index contributed by atoms with van der Waals surface area (Å²) in [6.45, 7) is 0. The van der Waals surface area contributed by atoms with E-state index in [9.17, 15) is 4.79 Å². The van der Waals surface area contributed by atoms with Gasteiger partial charge in [0.2, 0.25) is 0 Å². The lowest BCUT2D eigenvalue weighted by Gasteiger charge is -2.26. The minimum Gasteiger partial charge on any atom is -0.300 e. The van der Waals surface area contributed by atoms with Crippen LogP contribution in [0.4, 0.5) is 0 Å². The summed E-state index contributed by atoms with van der Waals surface area (Å²) in [5.74, 6) is 0. The van der Waals surface area contributed by atoms with E-state index in [4.69, 9.17) is 0 Å². The van der Waals surface area contributed by atoms with Gasteiger partial charge in [0.05, 0.1) is 12.1 Å². The van der Waals surface area contributed by atoms with Crippen LogP contribution < -0.4 is 0 Å². The highest BCUT2D eigenvalue weighted by atomic mass is 16.1. The Kier molecular flexibility index (Phi) is 3.86. The summed E-state index contributed by atoms with van der Waals surface area (Å²) in [6.07, 6.45) is 0.833. The molecular formula is C18H20N2O. The number of hydrogen-bond donors (Lipinski definition) is 0. The van der Waals surface area contributed by atoms with Gasteiger partial charge in [0.1, 0.15) is 6.17 Å². The van der Waals surface area contributed by atoms with Crippen LogP contribution in [0.5, 0.6) is 0 Å². The highest BCUT2D eigenvalue weighted by molar-refractivity contribution is 5.58. The maximum Gasteiger partial charge on any atom is 0.151 e. The van der Waals surface area contributed by atoms with Gasteiger partial charge in [-0.15, -0.1) is 0 Å². The Balaban J connectivity index is 2.07. The van der Waals surface area contributed by atoms with Gasteiger partial charge in [-0.1, -0.05) is 60.7 Å². The first-order chi connectivity index (χ1) is 10.2. The molecule has 3 nitrogen and oxygen atoms in total. The second-order valence-corrected chi connectivity index (χ2v) is 5.59. The number of likely N-dealkylation sites (N-methyl/N-ethyl adjacent to an activating group) is 2. The van der Waals surface area contributed by atoms with Crippen molar-refractivity contribution in [3.05, 3.63) is 71.8 Å². The summed E-state index contributed by atoms with van der Waals surface area (Å²) in [6, 6.07) is 21.2. The van der Waals surface area contributed by atoms with Crippen molar-refractivity contribution >= 4 is 6.29 Å². The number of benzene rings is 2. The topological polar surface area (TPSA) is 23.6 Å². The van der Waals surface area contributed by atoms with Gasteiger partial charge in [-0.2, -0.15) is 0 Å². The van der Waals surface area contributed by atoms with Crippen molar-refractivity contribution in [2.45, 2.75) is 18.2 Å². The summed E-state index contributed by atoms with van der Waals surface area (Å²) in [4.78, 5) is 15.8. The molecule has 0 saturated carbocycles. The van der Waals surface area contributed by atoms with Gasteiger partial charge in [0.25, 0.3) is 0 Å². The van der Waals surface area contributed by atoms with Crippen molar-refractivity contribution in [3.63, 3.8) is 0 Å². The molecule has 0 aliphatic carbocycles. The van der Waals surface area contributed by atoms with Gasteiger partial charge in [0.15, 0.2) is 6.29 Å². The van der Waals surface area contributed by atoms with Crippen molar-refractivity contribution in [1.82, 2.24) is 9.80 Å². The third kappa shape index (κ3) is 2.39. The Morgan fingerprint density at radius 3 is 1.48 bits per heavy atom. The second-order valence-electron chi connectivity index (χ2n) is 5.59. The minimum absolute atomic E-state index is 0.175. The average Bonchev–Trinajstić information content (AvgIpc) is 2.79. The monoisotopic (exact) mass is 280 g/mol. The molecule has 2 aromatic carbocycles. The van der Waals surface area contributed by atoms with E-state index in [1.54, 1.807) is 0 Å². The fourth-order valence-electron chi connectivity index (χ4n) is 3.39. The van der Waals surface area contributed by atoms with E-state index in [0.29, 0.717) is 0 Å². The van der Waals surface area contributed by atoms with Gasteiger partial charge >= 0.3 is 0 Å². The average molecular weight is 280 g/mol. The molecule has 1 fully saturated rings. The third-order valence-corrected chi connectivity index (χ3v) is 4.42. The molecule has 0 bridgehead atoms. The van der Waals surface area contributed by atoms with Crippen molar-refractivity contribution < 1.29 is 4.79 Å². The molecule has 0 aromatic heterocycles. The number of rotatable bonds is 3. The zero-order valence-electron chi connectivity index (χ0n) is 12.4. The van der Waals surface area contributed by atoms with Crippen molar-refractivity contribution in [1.29, 1.82) is 0 Å². The van der Waals surface area contributed by atoms with E-state index in [1.165, 1.54) is 11.1 Å². The SMILES string of the molecule is CN1C(C=O)N(C)[C@H](c2ccccc2)[C@H]1c1ccccc1. The molecule has 1 saturated heterocycles. The number of aldehydes is 1. The molecular weight excluding hydrogens is 260 g/mol. The Bertz CT molecular complexity index is 548. The van der Waals surface area contributed by atoms with Gasteiger partial charge in [0, 0.05) is 0 Å². The first-order valence-corrected chi connectivity index (χ1v) is 7.23. The van der Waals surface area contributed by atoms with Crippen LogP contribution in [0.3, 0.4) is 0 Å². The van der Waals surface area contributed by atoms with E-state index < -0.39 is 0 Å². The quantitative estimate of drug-likeness (QED) is 0.808. The largest absolute Gasteiger partial charge is 0.300 e. The first kappa shape index (κ1) is 14.0. The van der Waals surface area contributed by atoms with Crippen LogP contribution in [0.2, 0.25) is 0 Å². The molecule has 0 spiro atoms. The summed E-state index contributed by atoms with van der Waals surface area (Å²) < 4.78 is 0. The normalized spacial score (nSPS) is 24.3. The summed E-state index contributed by atoms with van der Waals surface area (Å²) in [5, 5.41) is 0. The molecule has 1 heterocycles. The fraction of sp³-hybridized carbons (Fsp3) is 0.278. The van der Waals surface area contributed by atoms with Crippen molar-refractivity contribution in [2.75, 3.05) is 14.1 Å². The number of nitrogens with zero attached hydrogens (tertiary/aromatic N) is 2. The maximum absolute atomic E-state index is 11.5. The van der Waals surface area contributed by atoms with E-state index in [1.807, 2.05) is 26.2 Å². The molecule has 0 unspecified atom stereocenters. The van der Waals surface area contributed by atoms with Crippen LogP contribution in [0, 0.1) is 0 Å². The van der Waals surface area contributed by atoms with Crippen LogP contribution in [-0.4, -0.2) is 36.3 Å². The van der Waals surface area contributed by atoms with Gasteiger partial charge in [-0.05, 0) is 25.2 Å². The lowest BCUT2D eigenvalue weighted by Crippen LogP contribution is -2.36. The predicted molar refractivity (Wildman–Crippen MR) is 83.7 cm³/mol. The van der Waals surface area contributed by atoms with Crippen molar-refractivity contribution in [2.24, 2.45) is 0 Å². The zero-order valence-corrected chi connectivity index (χ0v) is 12.4. The molecule has 3 heteroatoms. The molecule has 0 radical (unpaired) electrons. The molecule has 108 valence electrons. The van der Waals surface area contributed by atoms with E-state index in [0.717, 1.165) is 6.29 Å². The van der Waals surface area contributed by atoms with Crippen LogP contribution >= 0.6 is 0 Å². The Morgan fingerprint density at radius 1 is 0.762 bits per heavy atom. The van der Waals surface area contributed by atoms with Crippen LogP contribution in [0.1, 0.15) is 23.2 Å². The van der Waals surface area contributed by atoms with E-state index in [-0.39, 0.29) is 18.2 Å². The zero-order chi connectivity index (χ0) is 14.8. The fourth-order valence-corrected chi connectivity index (χ4v) is 3.39. The van der Waals surface area contributed by atoms with E-state index >= 15 is 0 Å². The molecule has 2 aromatic rings.